The van der Waals surface area contributed by atoms with E-state index in [1.54, 1.807) is 6.20 Å². The van der Waals surface area contributed by atoms with Gasteiger partial charge in [-0.05, 0) is 28.1 Å². The molecule has 6 heteroatoms. The second-order valence-corrected chi connectivity index (χ2v) is 6.06. The highest BCUT2D eigenvalue weighted by Crippen LogP contribution is 2.40. The lowest BCUT2D eigenvalue weighted by Gasteiger charge is -2.40. The lowest BCUT2D eigenvalue weighted by atomic mass is 9.98. The number of carboxylic acids is 1. The van der Waals surface area contributed by atoms with Gasteiger partial charge in [0.1, 0.15) is 5.03 Å². The molecular weight excluding hydrogens is 292 g/mol. The van der Waals surface area contributed by atoms with E-state index in [9.17, 15) is 4.79 Å². The standard InChI is InChI=1S/C10H11BrN2O2S/c11-7-2-1-3-13-9(7)16-10(4-8(14)15)5-12-6-10/h1-3,12H,4-6H2,(H,14,15). The fourth-order valence-electron chi connectivity index (χ4n) is 1.56. The Hall–Kier alpha value is -0.590. The molecule has 0 bridgehead atoms. The number of nitrogens with one attached hydrogen (secondary N) is 1. The van der Waals surface area contributed by atoms with Gasteiger partial charge in [-0.2, -0.15) is 0 Å². The van der Waals surface area contributed by atoms with Gasteiger partial charge in [0.15, 0.2) is 0 Å². The van der Waals surface area contributed by atoms with Crippen molar-refractivity contribution in [3.63, 3.8) is 0 Å². The number of nitrogens with zero attached hydrogens (tertiary/aromatic N) is 1. The normalized spacial score (nSPS) is 17.8. The van der Waals surface area contributed by atoms with Crippen LogP contribution in [0.1, 0.15) is 6.42 Å². The average molecular weight is 303 g/mol. The number of aliphatic carboxylic acids is 1. The van der Waals surface area contributed by atoms with Gasteiger partial charge in [0.2, 0.25) is 0 Å². The van der Waals surface area contributed by atoms with Crippen molar-refractivity contribution in [2.24, 2.45) is 0 Å². The number of aromatic nitrogens is 1. The lowest BCUT2D eigenvalue weighted by Crippen LogP contribution is -2.58. The van der Waals surface area contributed by atoms with Crippen LogP contribution in [0.3, 0.4) is 0 Å². The van der Waals surface area contributed by atoms with E-state index in [-0.39, 0.29) is 11.2 Å². The Balaban J connectivity index is 2.13. The van der Waals surface area contributed by atoms with Gasteiger partial charge in [-0.25, -0.2) is 4.98 Å². The third kappa shape index (κ3) is 2.56. The van der Waals surface area contributed by atoms with Crippen molar-refractivity contribution in [3.05, 3.63) is 22.8 Å². The Labute approximate surface area is 106 Å². The van der Waals surface area contributed by atoms with E-state index in [1.165, 1.54) is 11.8 Å². The molecule has 0 atom stereocenters. The summed E-state index contributed by atoms with van der Waals surface area (Å²) in [4.78, 5) is 15.1. The van der Waals surface area contributed by atoms with Gasteiger partial charge < -0.3 is 10.4 Å². The molecule has 0 aromatic carbocycles. The summed E-state index contributed by atoms with van der Waals surface area (Å²) in [7, 11) is 0. The van der Waals surface area contributed by atoms with Gasteiger partial charge in [0.25, 0.3) is 0 Å². The molecular formula is C10H11BrN2O2S. The number of carboxylic acid groups (broad SMARTS) is 1. The molecule has 0 amide bonds. The SMILES string of the molecule is O=C(O)CC1(Sc2ncccc2Br)CNC1. The van der Waals surface area contributed by atoms with E-state index >= 15 is 0 Å². The molecule has 0 unspecified atom stereocenters. The molecule has 86 valence electrons. The zero-order valence-corrected chi connectivity index (χ0v) is 10.8. The predicted octanol–water partition coefficient (Wildman–Crippen LogP) is 1.75. The maximum atomic E-state index is 10.8. The second-order valence-electron chi connectivity index (χ2n) is 3.75. The molecule has 0 spiro atoms. The first-order valence-corrected chi connectivity index (χ1v) is 6.44. The summed E-state index contributed by atoms with van der Waals surface area (Å²) in [6.45, 7) is 1.43. The first-order valence-electron chi connectivity index (χ1n) is 4.83. The largest absolute Gasteiger partial charge is 0.481 e. The third-order valence-electron chi connectivity index (χ3n) is 2.41. The van der Waals surface area contributed by atoms with Crippen LogP contribution in [0.15, 0.2) is 27.8 Å². The van der Waals surface area contributed by atoms with E-state index in [4.69, 9.17) is 5.11 Å². The number of pyridine rings is 1. The van der Waals surface area contributed by atoms with Crippen LogP contribution in [0.5, 0.6) is 0 Å². The number of halogens is 1. The molecule has 1 aromatic heterocycles. The number of thioether (sulfide) groups is 1. The molecule has 1 aliphatic rings. The highest BCUT2D eigenvalue weighted by Gasteiger charge is 2.40. The Bertz CT molecular complexity index is 410. The fourth-order valence-corrected chi connectivity index (χ4v) is 3.30. The zero-order valence-electron chi connectivity index (χ0n) is 8.44. The molecule has 16 heavy (non-hydrogen) atoms. The van der Waals surface area contributed by atoms with Crippen molar-refractivity contribution < 1.29 is 9.90 Å². The maximum Gasteiger partial charge on any atom is 0.304 e. The van der Waals surface area contributed by atoms with Gasteiger partial charge in [-0.3, -0.25) is 4.79 Å². The van der Waals surface area contributed by atoms with Crippen molar-refractivity contribution in [2.75, 3.05) is 13.1 Å². The van der Waals surface area contributed by atoms with E-state index in [2.05, 4.69) is 26.2 Å². The van der Waals surface area contributed by atoms with Crippen LogP contribution in [0.2, 0.25) is 0 Å². The smallest absolute Gasteiger partial charge is 0.304 e. The number of carbonyl (C=O) groups is 1. The summed E-state index contributed by atoms with van der Waals surface area (Å²) in [5, 5.41) is 12.9. The lowest BCUT2D eigenvalue weighted by molar-refractivity contribution is -0.138. The Kier molecular flexibility index (Phi) is 3.51. The molecule has 1 fully saturated rings. The van der Waals surface area contributed by atoms with Gasteiger partial charge in [0, 0.05) is 23.8 Å². The molecule has 0 saturated carbocycles. The van der Waals surface area contributed by atoms with Gasteiger partial charge >= 0.3 is 5.97 Å². The highest BCUT2D eigenvalue weighted by molar-refractivity contribution is 9.10. The summed E-state index contributed by atoms with van der Waals surface area (Å²) in [6.07, 6.45) is 1.88. The molecule has 2 heterocycles. The van der Waals surface area contributed by atoms with Crippen LogP contribution >= 0.6 is 27.7 Å². The predicted molar refractivity (Wildman–Crippen MR) is 65.6 cm³/mol. The topological polar surface area (TPSA) is 62.2 Å². The van der Waals surface area contributed by atoms with Crippen LogP contribution in [-0.2, 0) is 4.79 Å². The molecule has 1 aliphatic heterocycles. The van der Waals surface area contributed by atoms with E-state index in [1.807, 2.05) is 12.1 Å². The minimum absolute atomic E-state index is 0.160. The highest BCUT2D eigenvalue weighted by atomic mass is 79.9. The zero-order chi connectivity index (χ0) is 11.6. The second kappa shape index (κ2) is 4.73. The third-order valence-corrected chi connectivity index (χ3v) is 4.69. The van der Waals surface area contributed by atoms with Gasteiger partial charge in [-0.15, -0.1) is 0 Å². The molecule has 2 N–H and O–H groups in total. The summed E-state index contributed by atoms with van der Waals surface area (Å²) >= 11 is 4.95. The Morgan fingerprint density at radius 1 is 1.69 bits per heavy atom. The molecule has 0 aliphatic carbocycles. The van der Waals surface area contributed by atoms with Crippen molar-refractivity contribution in [3.8, 4) is 0 Å². The van der Waals surface area contributed by atoms with Crippen molar-refractivity contribution in [1.29, 1.82) is 0 Å². The molecule has 2 rings (SSSR count). The summed E-state index contributed by atoms with van der Waals surface area (Å²) in [5.74, 6) is -0.763. The van der Waals surface area contributed by atoms with Crippen molar-refractivity contribution in [2.45, 2.75) is 16.2 Å². The molecule has 4 nitrogen and oxygen atoms in total. The van der Waals surface area contributed by atoms with Gasteiger partial charge in [-0.1, -0.05) is 11.8 Å². The Morgan fingerprint density at radius 3 is 2.94 bits per heavy atom. The molecule has 1 aromatic rings. The summed E-state index contributed by atoms with van der Waals surface area (Å²) in [6, 6.07) is 3.76. The quantitative estimate of drug-likeness (QED) is 0.887. The van der Waals surface area contributed by atoms with E-state index < -0.39 is 5.97 Å². The van der Waals surface area contributed by atoms with Crippen molar-refractivity contribution >= 4 is 33.7 Å². The minimum Gasteiger partial charge on any atom is -0.481 e. The maximum absolute atomic E-state index is 10.8. The minimum atomic E-state index is -0.763. The van der Waals surface area contributed by atoms with Crippen LogP contribution in [0.4, 0.5) is 0 Å². The first kappa shape index (κ1) is 11.9. The van der Waals surface area contributed by atoms with E-state index in [0.29, 0.717) is 13.1 Å². The van der Waals surface area contributed by atoms with Crippen LogP contribution in [0, 0.1) is 0 Å². The van der Waals surface area contributed by atoms with Crippen LogP contribution in [-0.4, -0.2) is 33.9 Å². The average Bonchev–Trinajstić information content (AvgIpc) is 2.17. The van der Waals surface area contributed by atoms with E-state index in [0.717, 1.165) is 9.50 Å². The Morgan fingerprint density at radius 2 is 2.44 bits per heavy atom. The molecule has 0 radical (unpaired) electrons. The first-order chi connectivity index (χ1) is 7.61. The fraction of sp³-hybridized carbons (Fsp3) is 0.400. The summed E-state index contributed by atoms with van der Waals surface area (Å²) < 4.78 is 0.666. The van der Waals surface area contributed by atoms with Crippen LogP contribution in [0.25, 0.3) is 0 Å². The monoisotopic (exact) mass is 302 g/mol. The van der Waals surface area contributed by atoms with Crippen molar-refractivity contribution in [1.82, 2.24) is 10.3 Å². The van der Waals surface area contributed by atoms with Crippen LogP contribution < -0.4 is 5.32 Å². The summed E-state index contributed by atoms with van der Waals surface area (Å²) in [5.41, 5.74) is 0. The van der Waals surface area contributed by atoms with Gasteiger partial charge in [0.05, 0.1) is 11.2 Å². The number of hydrogen-bond acceptors (Lipinski definition) is 4. The number of hydrogen-bond donors (Lipinski definition) is 2. The number of rotatable bonds is 4. The molecule has 1 saturated heterocycles.